The van der Waals surface area contributed by atoms with E-state index in [0.717, 1.165) is 42.5 Å². The molecule has 2 N–H and O–H groups in total. The van der Waals surface area contributed by atoms with Crippen LogP contribution in [0.5, 0.6) is 0 Å². The van der Waals surface area contributed by atoms with Gasteiger partial charge in [0.15, 0.2) is 5.11 Å². The Morgan fingerprint density at radius 1 is 1.10 bits per heavy atom. The molecule has 4 rings (SSSR count). The molecule has 3 heterocycles. The normalized spacial score (nSPS) is 18.3. The molecule has 1 aromatic carbocycles. The number of hydrogen-bond acceptors (Lipinski definition) is 3. The molecular formula is C25H31N5S. The summed E-state index contributed by atoms with van der Waals surface area (Å²) < 4.78 is 2.38. The van der Waals surface area contributed by atoms with E-state index in [1.165, 1.54) is 17.0 Å². The number of para-hydroxylation sites is 1. The zero-order valence-corrected chi connectivity index (χ0v) is 19.3. The molecule has 0 radical (unpaired) electrons. The van der Waals surface area contributed by atoms with Crippen LogP contribution in [0.3, 0.4) is 0 Å². The molecule has 0 bridgehead atoms. The number of benzene rings is 1. The summed E-state index contributed by atoms with van der Waals surface area (Å²) in [6, 6.07) is 18.9. The van der Waals surface area contributed by atoms with E-state index in [1.807, 2.05) is 24.4 Å². The summed E-state index contributed by atoms with van der Waals surface area (Å²) in [5.74, 6) is 0. The number of nitrogens with zero attached hydrogens (tertiary/aromatic N) is 3. The van der Waals surface area contributed by atoms with Crippen LogP contribution in [0.25, 0.3) is 0 Å². The lowest BCUT2D eigenvalue weighted by atomic mass is 9.96. The lowest BCUT2D eigenvalue weighted by Crippen LogP contribution is -2.31. The highest BCUT2D eigenvalue weighted by molar-refractivity contribution is 7.80. The Bertz CT molecular complexity index is 1020. The van der Waals surface area contributed by atoms with Crippen LogP contribution in [-0.4, -0.2) is 32.7 Å². The zero-order valence-electron chi connectivity index (χ0n) is 18.5. The zero-order chi connectivity index (χ0) is 21.8. The molecule has 3 aromatic rings. The minimum Gasteiger partial charge on any atom is -0.385 e. The first-order valence-electron chi connectivity index (χ1n) is 11.0. The Morgan fingerprint density at radius 2 is 1.87 bits per heavy atom. The molecule has 0 spiro atoms. The van der Waals surface area contributed by atoms with Gasteiger partial charge in [0.05, 0.1) is 17.8 Å². The van der Waals surface area contributed by atoms with Crippen LogP contribution in [0.4, 0.5) is 5.69 Å². The highest BCUT2D eigenvalue weighted by Gasteiger charge is 2.40. The van der Waals surface area contributed by atoms with Crippen LogP contribution in [0.1, 0.15) is 48.1 Å². The third kappa shape index (κ3) is 4.44. The van der Waals surface area contributed by atoms with E-state index >= 15 is 0 Å². The summed E-state index contributed by atoms with van der Waals surface area (Å²) in [7, 11) is 0. The van der Waals surface area contributed by atoms with Crippen molar-refractivity contribution in [2.24, 2.45) is 0 Å². The van der Waals surface area contributed by atoms with Gasteiger partial charge in [0.2, 0.25) is 0 Å². The standard InChI is InChI=1S/C25H31N5S/c1-4-29-18(2)17-21(19(29)3)24-23(22-13-8-9-14-27-22)28-25(31)30(24)16-10-15-26-20-11-6-5-7-12-20/h5-9,11-14,17,23-24,26H,4,10,15-16H2,1-3H3,(H,28,31)/t23-,24+/m0/s1. The van der Waals surface area contributed by atoms with Gasteiger partial charge in [-0.1, -0.05) is 24.3 Å². The second-order valence-electron chi connectivity index (χ2n) is 8.04. The number of aryl methyl sites for hydroxylation is 1. The van der Waals surface area contributed by atoms with Crippen LogP contribution in [0.15, 0.2) is 60.8 Å². The van der Waals surface area contributed by atoms with Crippen molar-refractivity contribution < 1.29 is 0 Å². The summed E-state index contributed by atoms with van der Waals surface area (Å²) in [5.41, 5.74) is 6.11. The van der Waals surface area contributed by atoms with Gasteiger partial charge in [-0.3, -0.25) is 4.98 Å². The van der Waals surface area contributed by atoms with Crippen molar-refractivity contribution in [3.05, 3.63) is 83.4 Å². The van der Waals surface area contributed by atoms with E-state index < -0.39 is 0 Å². The number of anilines is 1. The fraction of sp³-hybridized carbons (Fsp3) is 0.360. The first-order chi connectivity index (χ1) is 15.1. The Kier molecular flexibility index (Phi) is 6.56. The predicted molar refractivity (Wildman–Crippen MR) is 131 cm³/mol. The van der Waals surface area contributed by atoms with Gasteiger partial charge < -0.3 is 20.1 Å². The Balaban J connectivity index is 1.57. The molecule has 2 atom stereocenters. The Hall–Kier alpha value is -2.86. The highest BCUT2D eigenvalue weighted by Crippen LogP contribution is 2.40. The quantitative estimate of drug-likeness (QED) is 0.387. The van der Waals surface area contributed by atoms with Crippen molar-refractivity contribution >= 4 is 23.0 Å². The maximum absolute atomic E-state index is 5.81. The summed E-state index contributed by atoms with van der Waals surface area (Å²) >= 11 is 5.81. The first-order valence-corrected chi connectivity index (χ1v) is 11.4. The maximum atomic E-state index is 5.81. The summed E-state index contributed by atoms with van der Waals surface area (Å²) in [4.78, 5) is 7.00. The van der Waals surface area contributed by atoms with Crippen LogP contribution < -0.4 is 10.6 Å². The summed E-state index contributed by atoms with van der Waals surface area (Å²) in [6.45, 7) is 9.36. The fourth-order valence-electron chi connectivity index (χ4n) is 4.64. The Labute approximate surface area is 190 Å². The molecule has 31 heavy (non-hydrogen) atoms. The van der Waals surface area contributed by atoms with Crippen molar-refractivity contribution in [2.75, 3.05) is 18.4 Å². The summed E-state index contributed by atoms with van der Waals surface area (Å²) in [6.07, 6.45) is 2.85. The maximum Gasteiger partial charge on any atom is 0.170 e. The van der Waals surface area contributed by atoms with Crippen molar-refractivity contribution in [3.8, 4) is 0 Å². The minimum absolute atomic E-state index is 0.0431. The number of thiocarbonyl (C=S) groups is 1. The third-order valence-corrected chi connectivity index (χ3v) is 6.48. The average Bonchev–Trinajstić information content (AvgIpc) is 3.27. The van der Waals surface area contributed by atoms with Gasteiger partial charge in [-0.15, -0.1) is 0 Å². The smallest absolute Gasteiger partial charge is 0.170 e. The number of nitrogens with one attached hydrogen (secondary N) is 2. The average molecular weight is 434 g/mol. The monoisotopic (exact) mass is 433 g/mol. The molecular weight excluding hydrogens is 402 g/mol. The topological polar surface area (TPSA) is 45.1 Å². The number of hydrogen-bond donors (Lipinski definition) is 2. The molecule has 1 aliphatic heterocycles. The van der Waals surface area contributed by atoms with Crippen LogP contribution in [0.2, 0.25) is 0 Å². The molecule has 2 aromatic heterocycles. The van der Waals surface area contributed by atoms with Crippen LogP contribution in [-0.2, 0) is 6.54 Å². The van der Waals surface area contributed by atoms with Crippen molar-refractivity contribution in [1.82, 2.24) is 19.8 Å². The van der Waals surface area contributed by atoms with E-state index in [4.69, 9.17) is 12.2 Å². The Morgan fingerprint density at radius 3 is 2.55 bits per heavy atom. The number of rotatable bonds is 8. The van der Waals surface area contributed by atoms with Crippen molar-refractivity contribution in [3.63, 3.8) is 0 Å². The highest BCUT2D eigenvalue weighted by atomic mass is 32.1. The molecule has 6 heteroatoms. The van der Waals surface area contributed by atoms with Gasteiger partial charge in [-0.2, -0.15) is 0 Å². The van der Waals surface area contributed by atoms with Crippen LogP contribution in [0, 0.1) is 13.8 Å². The second kappa shape index (κ2) is 9.52. The molecule has 0 amide bonds. The van der Waals surface area contributed by atoms with Gasteiger partial charge >= 0.3 is 0 Å². The molecule has 0 aliphatic carbocycles. The molecule has 0 unspecified atom stereocenters. The van der Waals surface area contributed by atoms with E-state index in [2.05, 4.69) is 82.3 Å². The van der Waals surface area contributed by atoms with E-state index in [0.29, 0.717) is 0 Å². The van der Waals surface area contributed by atoms with Crippen molar-refractivity contribution in [1.29, 1.82) is 0 Å². The molecule has 0 saturated carbocycles. The SMILES string of the molecule is CCn1c(C)cc([C@@H]2[C@H](c3ccccn3)NC(=S)N2CCCNc2ccccc2)c1C. The predicted octanol–water partition coefficient (Wildman–Crippen LogP) is 4.99. The van der Waals surface area contributed by atoms with E-state index in [-0.39, 0.29) is 12.1 Å². The molecule has 162 valence electrons. The van der Waals surface area contributed by atoms with Gasteiger partial charge in [0.1, 0.15) is 0 Å². The minimum atomic E-state index is 0.0431. The van der Waals surface area contributed by atoms with Crippen molar-refractivity contribution in [2.45, 2.75) is 45.8 Å². The lowest BCUT2D eigenvalue weighted by Gasteiger charge is -2.28. The lowest BCUT2D eigenvalue weighted by molar-refractivity contribution is 0.315. The van der Waals surface area contributed by atoms with Gasteiger partial charge in [-0.25, -0.2) is 0 Å². The second-order valence-corrected chi connectivity index (χ2v) is 8.42. The molecule has 1 saturated heterocycles. The van der Waals surface area contributed by atoms with E-state index in [9.17, 15) is 0 Å². The first kappa shape index (κ1) is 21.4. The molecule has 5 nitrogen and oxygen atoms in total. The number of aromatic nitrogens is 2. The number of pyridine rings is 1. The molecule has 1 fully saturated rings. The van der Waals surface area contributed by atoms with Gasteiger partial charge in [-0.05, 0) is 75.3 Å². The van der Waals surface area contributed by atoms with E-state index in [1.54, 1.807) is 0 Å². The van der Waals surface area contributed by atoms with Gasteiger partial charge in [0.25, 0.3) is 0 Å². The van der Waals surface area contributed by atoms with Gasteiger partial charge in [0, 0.05) is 42.9 Å². The summed E-state index contributed by atoms with van der Waals surface area (Å²) in [5, 5.41) is 7.88. The van der Waals surface area contributed by atoms with Crippen LogP contribution >= 0.6 is 12.2 Å². The third-order valence-electron chi connectivity index (χ3n) is 6.12. The largest absolute Gasteiger partial charge is 0.385 e. The molecule has 1 aliphatic rings. The fourth-order valence-corrected chi connectivity index (χ4v) is 4.97.